The third-order valence-corrected chi connectivity index (χ3v) is 16.8. The van der Waals surface area contributed by atoms with E-state index in [-0.39, 0.29) is 52.7 Å². The molecule has 0 radical (unpaired) electrons. The predicted octanol–water partition coefficient (Wildman–Crippen LogP) is 8.78. The smallest absolute Gasteiger partial charge is 0.410 e. The maximum Gasteiger partial charge on any atom is 0.410 e. The number of hydrogen-bond donors (Lipinski definition) is 3. The zero-order valence-electron chi connectivity index (χ0n) is 46.7. The van der Waals surface area contributed by atoms with Gasteiger partial charge < -0.3 is 34.7 Å². The van der Waals surface area contributed by atoms with Crippen molar-refractivity contribution in [3.05, 3.63) is 154 Å². The molecule has 4 saturated heterocycles. The van der Waals surface area contributed by atoms with Gasteiger partial charge in [0.05, 0.1) is 36.9 Å². The van der Waals surface area contributed by atoms with Crippen LogP contribution in [0.2, 0.25) is 0 Å². The molecule has 0 aliphatic carbocycles. The lowest BCUT2D eigenvalue weighted by atomic mass is 9.78. The number of likely N-dealkylation sites (tertiary alicyclic amines) is 1. The summed E-state index contributed by atoms with van der Waals surface area (Å²) in [5.74, 6) is 0.841. The van der Waals surface area contributed by atoms with E-state index >= 15 is 0 Å². The number of fused-ring (bicyclic) bond motifs is 2. The van der Waals surface area contributed by atoms with Crippen molar-refractivity contribution in [1.29, 1.82) is 0 Å². The highest BCUT2D eigenvalue weighted by Crippen LogP contribution is 2.42. The lowest BCUT2D eigenvalue weighted by Gasteiger charge is -2.39. The fourth-order valence-electron chi connectivity index (χ4n) is 12.3. The van der Waals surface area contributed by atoms with Crippen molar-refractivity contribution in [3.8, 4) is 22.5 Å². The van der Waals surface area contributed by atoms with Crippen molar-refractivity contribution in [1.82, 2.24) is 49.3 Å². The normalized spacial score (nSPS) is 16.8. The van der Waals surface area contributed by atoms with Crippen molar-refractivity contribution < 1.29 is 19.1 Å². The number of aryl methyl sites for hydroxylation is 2. The number of H-pyrrole nitrogens is 2. The molecule has 6 aromatic heterocycles. The Labute approximate surface area is 471 Å². The Morgan fingerprint density at radius 1 is 0.580 bits per heavy atom. The molecule has 0 saturated carbocycles. The second-order valence-electron chi connectivity index (χ2n) is 23.6. The first kappa shape index (κ1) is 54.7. The van der Waals surface area contributed by atoms with Crippen molar-refractivity contribution in [2.45, 2.75) is 104 Å². The number of carbonyl (C=O) groups is 3. The molecule has 0 atom stereocenters. The van der Waals surface area contributed by atoms with Crippen LogP contribution in [-0.4, -0.2) is 120 Å². The standard InChI is InChI=1S/C34H40N6O4.C29H32N6O2/c1-33(2,3)44-32(43)38-16-12-34(13-17-38)14-18-39(23-34)30-31(42)40(29(21-36-30)24-7-5-4-6-8-24)22-27(41)10-9-26-19-25-20-35-15-11-28(25)37-26;36-24(7-6-23-16-22-17-31-12-8-25(22)33-23)19-35-26(21-4-2-1-3-5-21)18-32-27(28(35)37)34-15-11-29(20-34)9-13-30-14-10-29/h4-8,11,15,19-21,37H,9-10,12-14,16-18,22-23H2,1-3H3;1-5,8,12,16-18,30,33H,6-7,9-11,13-15,19-20H2. The summed E-state index contributed by atoms with van der Waals surface area (Å²) in [6.07, 6.45) is 18.1. The number of rotatable bonds is 14. The number of carbonyl (C=O) groups excluding carboxylic acids is 3. The molecule has 0 bridgehead atoms. The van der Waals surface area contributed by atoms with Crippen LogP contribution in [0.5, 0.6) is 0 Å². The van der Waals surface area contributed by atoms with Gasteiger partial charge in [0.25, 0.3) is 11.1 Å². The first-order valence-electron chi connectivity index (χ1n) is 28.6. The number of aromatic nitrogens is 8. The Morgan fingerprint density at radius 3 is 1.47 bits per heavy atom. The molecule has 18 nitrogen and oxygen atoms in total. The van der Waals surface area contributed by atoms with Crippen molar-refractivity contribution >= 4 is 51.1 Å². The number of pyridine rings is 2. The molecule has 1 amide bonds. The van der Waals surface area contributed by atoms with Gasteiger partial charge in [0.15, 0.2) is 23.2 Å². The van der Waals surface area contributed by atoms with Gasteiger partial charge in [0.2, 0.25) is 0 Å². The number of benzene rings is 2. The van der Waals surface area contributed by atoms with Gasteiger partial charge in [-0.2, -0.15) is 0 Å². The van der Waals surface area contributed by atoms with Crippen molar-refractivity contribution in [3.63, 3.8) is 0 Å². The van der Waals surface area contributed by atoms with Gasteiger partial charge in [0, 0.05) is 110 Å². The minimum Gasteiger partial charge on any atom is -0.444 e. The van der Waals surface area contributed by atoms with E-state index < -0.39 is 5.60 Å². The van der Waals surface area contributed by atoms with Crippen molar-refractivity contribution in [2.24, 2.45) is 10.8 Å². The number of ether oxygens (including phenoxy) is 1. The van der Waals surface area contributed by atoms with E-state index in [4.69, 9.17) is 4.74 Å². The molecule has 2 aromatic carbocycles. The zero-order valence-corrected chi connectivity index (χ0v) is 46.7. The number of aromatic amines is 2. The summed E-state index contributed by atoms with van der Waals surface area (Å²) in [6.45, 7) is 12.1. The zero-order chi connectivity index (χ0) is 56.1. The summed E-state index contributed by atoms with van der Waals surface area (Å²) < 4.78 is 8.79. The molecule has 0 unspecified atom stereocenters. The summed E-state index contributed by atoms with van der Waals surface area (Å²) in [4.78, 5) is 97.3. The van der Waals surface area contributed by atoms with Crippen LogP contribution in [-0.2, 0) is 40.3 Å². The van der Waals surface area contributed by atoms with Crippen LogP contribution >= 0.6 is 0 Å². The largest absolute Gasteiger partial charge is 0.444 e. The number of nitrogens with one attached hydrogen (secondary N) is 3. The molecular weight excluding hydrogens is 1020 g/mol. The third-order valence-electron chi connectivity index (χ3n) is 16.8. The maximum atomic E-state index is 14.0. The molecule has 81 heavy (non-hydrogen) atoms. The molecule has 3 N–H and O–H groups in total. The molecule has 12 rings (SSSR count). The van der Waals surface area contributed by atoms with Gasteiger partial charge in [-0.25, -0.2) is 14.8 Å². The number of hydrogen-bond acceptors (Lipinski definition) is 13. The average molecular weight is 1090 g/mol. The second kappa shape index (κ2) is 23.5. The Morgan fingerprint density at radius 2 is 1.02 bits per heavy atom. The Kier molecular flexibility index (Phi) is 15.8. The molecule has 4 fully saturated rings. The van der Waals surface area contributed by atoms with E-state index in [0.29, 0.717) is 74.9 Å². The van der Waals surface area contributed by atoms with E-state index in [1.807, 2.05) is 112 Å². The SMILES string of the molecule is CC(C)(C)OC(=O)N1CCC2(CC1)CCN(c1ncc(-c3ccccc3)n(CC(=O)CCc3cc4cnccc4[nH]3)c1=O)C2.O=C(CCc1cc2cnccc2[nH]1)Cn1c(-c2ccccc2)cnc(N2CCC3(CCNCC3)C2)c1=O. The van der Waals surface area contributed by atoms with Crippen molar-refractivity contribution in [2.75, 3.05) is 62.2 Å². The number of Topliss-reactive ketones (excluding diaryl/α,β-unsaturated/α-hetero) is 2. The Balaban J connectivity index is 0.000000173. The minimum atomic E-state index is -0.524. The number of nitrogens with zero attached hydrogens (tertiary/aromatic N) is 9. The van der Waals surface area contributed by atoms with Crippen LogP contribution in [0, 0.1) is 10.8 Å². The van der Waals surface area contributed by atoms with Crippen LogP contribution < -0.4 is 26.2 Å². The maximum absolute atomic E-state index is 14.0. The van der Waals surface area contributed by atoms with Gasteiger partial charge in [0.1, 0.15) is 5.60 Å². The first-order chi connectivity index (χ1) is 39.2. The van der Waals surface area contributed by atoms with E-state index in [1.165, 1.54) is 0 Å². The topological polar surface area (TPSA) is 209 Å². The number of anilines is 2. The quantitative estimate of drug-likeness (QED) is 0.0931. The second-order valence-corrected chi connectivity index (χ2v) is 23.6. The number of amides is 1. The summed E-state index contributed by atoms with van der Waals surface area (Å²) >= 11 is 0. The monoisotopic (exact) mass is 1090 g/mol. The first-order valence-corrected chi connectivity index (χ1v) is 28.6. The summed E-state index contributed by atoms with van der Waals surface area (Å²) in [5, 5.41) is 5.49. The highest BCUT2D eigenvalue weighted by molar-refractivity contribution is 5.83. The molecule has 4 aliphatic rings. The number of ketones is 2. The van der Waals surface area contributed by atoms with E-state index in [9.17, 15) is 24.0 Å². The third kappa shape index (κ3) is 12.6. The lowest BCUT2D eigenvalue weighted by Crippen LogP contribution is -2.46. The molecule has 420 valence electrons. The highest BCUT2D eigenvalue weighted by atomic mass is 16.6. The van der Waals surface area contributed by atoms with Crippen LogP contribution in [0.3, 0.4) is 0 Å². The van der Waals surface area contributed by atoms with E-state index in [0.717, 1.165) is 109 Å². The summed E-state index contributed by atoms with van der Waals surface area (Å²) in [6, 6.07) is 27.2. The van der Waals surface area contributed by atoms with E-state index in [2.05, 4.69) is 45.0 Å². The fourth-order valence-corrected chi connectivity index (χ4v) is 12.3. The van der Waals surface area contributed by atoms with E-state index in [1.54, 1.807) is 45.0 Å². The Bertz CT molecular complexity index is 3590. The summed E-state index contributed by atoms with van der Waals surface area (Å²) in [7, 11) is 0. The van der Waals surface area contributed by atoms with Crippen LogP contribution in [0.4, 0.5) is 16.4 Å². The lowest BCUT2D eigenvalue weighted by molar-refractivity contribution is -0.120. The minimum absolute atomic E-state index is 0.0144. The summed E-state index contributed by atoms with van der Waals surface area (Å²) in [5.41, 5.74) is 6.30. The predicted molar refractivity (Wildman–Crippen MR) is 314 cm³/mol. The molecular formula is C63H72N12O6. The Hall–Kier alpha value is -8.25. The molecule has 4 aliphatic heterocycles. The molecule has 2 spiro atoms. The molecule has 18 heteroatoms. The fraction of sp³-hybridized carbons (Fsp3) is 0.413. The van der Waals surface area contributed by atoms with Gasteiger partial charge >= 0.3 is 6.09 Å². The molecule has 10 heterocycles. The molecule has 8 aromatic rings. The highest BCUT2D eigenvalue weighted by Gasteiger charge is 2.44. The number of piperidine rings is 2. The van der Waals surface area contributed by atoms with Crippen LogP contribution in [0.1, 0.15) is 83.5 Å². The van der Waals surface area contributed by atoms with Gasteiger partial charge in [-0.15, -0.1) is 0 Å². The van der Waals surface area contributed by atoms with Crippen LogP contribution in [0.15, 0.2) is 132 Å². The average Bonchev–Trinajstić information content (AvgIpc) is 4.50. The van der Waals surface area contributed by atoms with Gasteiger partial charge in [-0.05, 0) is 131 Å². The van der Waals surface area contributed by atoms with Gasteiger partial charge in [-0.1, -0.05) is 60.7 Å². The van der Waals surface area contributed by atoms with Gasteiger partial charge in [-0.3, -0.25) is 38.3 Å². The van der Waals surface area contributed by atoms with Crippen LogP contribution in [0.25, 0.3) is 44.3 Å².